The van der Waals surface area contributed by atoms with Crippen LogP contribution in [0.4, 0.5) is 18.9 Å². The number of ether oxygens (including phenoxy) is 1. The number of hydrogen-bond acceptors (Lipinski definition) is 6. The van der Waals surface area contributed by atoms with Crippen LogP contribution in [0.5, 0.6) is 0 Å². The zero-order chi connectivity index (χ0) is 27.1. The van der Waals surface area contributed by atoms with Crippen LogP contribution in [0.25, 0.3) is 0 Å². The molecule has 2 aliphatic heterocycles. The smallest absolute Gasteiger partial charge is 0.307 e. The van der Waals surface area contributed by atoms with Gasteiger partial charge >= 0.3 is 5.97 Å². The SMILES string of the molecule is COC(=O)C[C@H](C[C@@H]1CCNC1=O)NC(=O)[C@@H]1[C@@H]2[C@H](CN1C(=O)CNc1c(F)cc(F)cc1F)C2(C)C. The van der Waals surface area contributed by atoms with E-state index in [0.29, 0.717) is 25.1 Å². The van der Waals surface area contributed by atoms with E-state index in [1.165, 1.54) is 12.0 Å². The lowest BCUT2D eigenvalue weighted by Gasteiger charge is -2.32. The molecule has 1 aliphatic carbocycles. The molecular weight excluding hydrogens is 493 g/mol. The molecule has 1 aromatic carbocycles. The van der Waals surface area contributed by atoms with E-state index in [9.17, 15) is 32.3 Å². The van der Waals surface area contributed by atoms with Crippen LogP contribution < -0.4 is 16.0 Å². The van der Waals surface area contributed by atoms with Gasteiger partial charge in [-0.1, -0.05) is 13.8 Å². The lowest BCUT2D eigenvalue weighted by atomic mass is 9.95. The van der Waals surface area contributed by atoms with E-state index in [1.807, 2.05) is 13.8 Å². The number of nitrogens with one attached hydrogen (secondary N) is 3. The summed E-state index contributed by atoms with van der Waals surface area (Å²) in [6.07, 6.45) is 0.699. The molecule has 0 bridgehead atoms. The predicted octanol–water partition coefficient (Wildman–Crippen LogP) is 1.57. The fourth-order valence-corrected chi connectivity index (χ4v) is 5.80. The summed E-state index contributed by atoms with van der Waals surface area (Å²) >= 11 is 0. The highest BCUT2D eigenvalue weighted by Crippen LogP contribution is 2.64. The zero-order valence-corrected chi connectivity index (χ0v) is 20.9. The van der Waals surface area contributed by atoms with Crippen LogP contribution in [0.3, 0.4) is 0 Å². The fourth-order valence-electron chi connectivity index (χ4n) is 5.80. The molecule has 1 aromatic rings. The van der Waals surface area contributed by atoms with E-state index in [-0.39, 0.29) is 48.5 Å². The van der Waals surface area contributed by atoms with E-state index < -0.39 is 59.6 Å². The molecule has 3 fully saturated rings. The zero-order valence-electron chi connectivity index (χ0n) is 20.9. The molecule has 0 radical (unpaired) electrons. The maximum absolute atomic E-state index is 14.0. The first-order valence-corrected chi connectivity index (χ1v) is 12.3. The molecule has 3 N–H and O–H groups in total. The summed E-state index contributed by atoms with van der Waals surface area (Å²) in [6.45, 7) is 4.31. The predicted molar refractivity (Wildman–Crippen MR) is 125 cm³/mol. The molecule has 2 saturated heterocycles. The Morgan fingerprint density at radius 2 is 1.89 bits per heavy atom. The standard InChI is InChI=1S/C25H31F3N4O5/c1-25(2)15-11-32(18(33)10-30-21-16(27)7-13(26)8-17(21)28)22(20(15)25)24(36)31-14(9-19(34)37-3)6-12-4-5-29-23(12)35/h7-8,12,14-15,20,22,30H,4-6,9-11H2,1-3H3,(H,29,35)(H,31,36)/t12-,14-,15-,20-,22-/m0/s1. The number of esters is 1. The monoisotopic (exact) mass is 524 g/mol. The van der Waals surface area contributed by atoms with E-state index in [0.717, 1.165) is 0 Å². The Kier molecular flexibility index (Phi) is 7.38. The number of hydrogen-bond donors (Lipinski definition) is 3. The number of likely N-dealkylation sites (tertiary alicyclic amines) is 1. The van der Waals surface area contributed by atoms with Crippen molar-refractivity contribution in [1.82, 2.24) is 15.5 Å². The first-order valence-electron chi connectivity index (χ1n) is 12.3. The molecule has 4 rings (SSSR count). The topological polar surface area (TPSA) is 117 Å². The summed E-state index contributed by atoms with van der Waals surface area (Å²) in [4.78, 5) is 52.0. The Bertz CT molecular complexity index is 1090. The van der Waals surface area contributed by atoms with Gasteiger partial charge in [-0.15, -0.1) is 0 Å². The third-order valence-electron chi connectivity index (χ3n) is 7.94. The van der Waals surface area contributed by atoms with Crippen LogP contribution in [0.2, 0.25) is 0 Å². The van der Waals surface area contributed by atoms with Gasteiger partial charge in [0.1, 0.15) is 17.5 Å². The Morgan fingerprint density at radius 3 is 2.49 bits per heavy atom. The minimum Gasteiger partial charge on any atom is -0.469 e. The number of fused-ring (bicyclic) bond motifs is 1. The Morgan fingerprint density at radius 1 is 1.22 bits per heavy atom. The van der Waals surface area contributed by atoms with Crippen molar-refractivity contribution in [2.75, 3.05) is 32.1 Å². The van der Waals surface area contributed by atoms with E-state index >= 15 is 0 Å². The number of piperidine rings is 1. The van der Waals surface area contributed by atoms with Gasteiger partial charge < -0.3 is 25.6 Å². The maximum atomic E-state index is 14.0. The van der Waals surface area contributed by atoms with Crippen molar-refractivity contribution < 1.29 is 37.1 Å². The molecule has 2 heterocycles. The number of halogens is 3. The van der Waals surface area contributed by atoms with Gasteiger partial charge in [-0.3, -0.25) is 19.2 Å². The molecule has 5 atom stereocenters. The van der Waals surface area contributed by atoms with Gasteiger partial charge in [-0.25, -0.2) is 13.2 Å². The number of methoxy groups -OCH3 is 1. The van der Waals surface area contributed by atoms with Crippen molar-refractivity contribution in [3.05, 3.63) is 29.6 Å². The third kappa shape index (κ3) is 5.37. The second-order valence-corrected chi connectivity index (χ2v) is 10.5. The number of anilines is 1. The molecule has 3 amide bonds. The molecule has 12 heteroatoms. The average Bonchev–Trinajstić information content (AvgIpc) is 3.17. The van der Waals surface area contributed by atoms with Crippen molar-refractivity contribution in [1.29, 1.82) is 0 Å². The van der Waals surface area contributed by atoms with Crippen molar-refractivity contribution in [2.24, 2.45) is 23.2 Å². The molecule has 0 aromatic heterocycles. The first-order chi connectivity index (χ1) is 17.4. The summed E-state index contributed by atoms with van der Waals surface area (Å²) < 4.78 is 45.9. The highest BCUT2D eigenvalue weighted by Gasteiger charge is 2.69. The summed E-state index contributed by atoms with van der Waals surface area (Å²) in [5, 5.41) is 7.97. The Labute approximate surface area is 212 Å². The minimum atomic E-state index is -1.17. The quantitative estimate of drug-likeness (QED) is 0.423. The second kappa shape index (κ2) is 10.2. The van der Waals surface area contributed by atoms with Gasteiger partial charge in [0.25, 0.3) is 0 Å². The molecule has 1 saturated carbocycles. The number of amides is 3. The van der Waals surface area contributed by atoms with E-state index in [4.69, 9.17) is 4.74 Å². The summed E-state index contributed by atoms with van der Waals surface area (Å²) in [7, 11) is 1.23. The number of carbonyl (C=O) groups excluding carboxylic acids is 4. The summed E-state index contributed by atoms with van der Waals surface area (Å²) in [5.74, 6) is -5.55. The van der Waals surface area contributed by atoms with Crippen molar-refractivity contribution in [2.45, 2.75) is 45.2 Å². The Balaban J connectivity index is 1.47. The number of rotatable bonds is 9. The molecule has 3 aliphatic rings. The van der Waals surface area contributed by atoms with Crippen molar-refractivity contribution in [3.63, 3.8) is 0 Å². The third-order valence-corrected chi connectivity index (χ3v) is 7.94. The number of nitrogens with zero attached hydrogens (tertiary/aromatic N) is 1. The lowest BCUT2D eigenvalue weighted by Crippen LogP contribution is -2.53. The second-order valence-electron chi connectivity index (χ2n) is 10.5. The highest BCUT2D eigenvalue weighted by atomic mass is 19.1. The van der Waals surface area contributed by atoms with Crippen LogP contribution in [-0.4, -0.2) is 67.4 Å². The van der Waals surface area contributed by atoms with E-state index in [2.05, 4.69) is 16.0 Å². The number of carbonyl (C=O) groups is 4. The van der Waals surface area contributed by atoms with Crippen LogP contribution >= 0.6 is 0 Å². The largest absolute Gasteiger partial charge is 0.469 e. The fraction of sp³-hybridized carbons (Fsp3) is 0.600. The molecule has 0 unspecified atom stereocenters. The van der Waals surface area contributed by atoms with Gasteiger partial charge in [0.2, 0.25) is 17.7 Å². The first kappa shape index (κ1) is 26.7. The van der Waals surface area contributed by atoms with Crippen LogP contribution in [0.15, 0.2) is 12.1 Å². The minimum absolute atomic E-state index is 0.0613. The normalized spacial score (nSPS) is 26.2. The molecule has 9 nitrogen and oxygen atoms in total. The van der Waals surface area contributed by atoms with Crippen molar-refractivity contribution in [3.8, 4) is 0 Å². The van der Waals surface area contributed by atoms with Crippen LogP contribution in [0, 0.1) is 40.6 Å². The van der Waals surface area contributed by atoms with Gasteiger partial charge in [-0.05, 0) is 30.1 Å². The molecule has 202 valence electrons. The van der Waals surface area contributed by atoms with Crippen molar-refractivity contribution >= 4 is 29.4 Å². The molecule has 37 heavy (non-hydrogen) atoms. The van der Waals surface area contributed by atoms with Gasteiger partial charge in [0.15, 0.2) is 11.6 Å². The van der Waals surface area contributed by atoms with Gasteiger partial charge in [-0.2, -0.15) is 0 Å². The lowest BCUT2D eigenvalue weighted by molar-refractivity contribution is -0.143. The average molecular weight is 525 g/mol. The van der Waals surface area contributed by atoms with Gasteiger partial charge in [0.05, 0.1) is 20.1 Å². The summed E-state index contributed by atoms with van der Waals surface area (Å²) in [5.41, 5.74) is -0.821. The Hall–Kier alpha value is -3.31. The van der Waals surface area contributed by atoms with Crippen LogP contribution in [-0.2, 0) is 23.9 Å². The van der Waals surface area contributed by atoms with Gasteiger partial charge in [0, 0.05) is 37.2 Å². The van der Waals surface area contributed by atoms with E-state index in [1.54, 1.807) is 0 Å². The molecule has 0 spiro atoms. The molecular formula is C25H31F3N4O5. The maximum Gasteiger partial charge on any atom is 0.307 e. The summed E-state index contributed by atoms with van der Waals surface area (Å²) in [6, 6.07) is -0.515. The highest BCUT2D eigenvalue weighted by molar-refractivity contribution is 5.91. The van der Waals surface area contributed by atoms with Crippen LogP contribution in [0.1, 0.15) is 33.1 Å². The number of benzene rings is 1.